The van der Waals surface area contributed by atoms with Crippen molar-refractivity contribution < 1.29 is 13.9 Å². The lowest BCUT2D eigenvalue weighted by molar-refractivity contribution is 0.0954. The van der Waals surface area contributed by atoms with Gasteiger partial charge in [0.15, 0.2) is 0 Å². The highest BCUT2D eigenvalue weighted by Gasteiger charge is 2.14. The predicted molar refractivity (Wildman–Crippen MR) is 117 cm³/mol. The zero-order valence-corrected chi connectivity index (χ0v) is 17.0. The van der Waals surface area contributed by atoms with Crippen molar-refractivity contribution in [2.45, 2.75) is 20.3 Å². The highest BCUT2D eigenvalue weighted by Crippen LogP contribution is 2.28. The van der Waals surface area contributed by atoms with Crippen LogP contribution in [0.4, 0.5) is 4.39 Å². The Kier molecular flexibility index (Phi) is 5.53. The quantitative estimate of drug-likeness (QED) is 0.435. The Hall–Kier alpha value is -3.60. The van der Waals surface area contributed by atoms with E-state index in [0.717, 1.165) is 28.0 Å². The van der Waals surface area contributed by atoms with Crippen LogP contribution >= 0.6 is 0 Å². The largest absolute Gasteiger partial charge is 0.457 e. The Morgan fingerprint density at radius 1 is 0.967 bits per heavy atom. The van der Waals surface area contributed by atoms with Crippen LogP contribution in [0.15, 0.2) is 66.7 Å². The molecule has 0 aliphatic rings. The molecule has 1 heterocycles. The van der Waals surface area contributed by atoms with Gasteiger partial charge < -0.3 is 15.0 Å². The van der Waals surface area contributed by atoms with Crippen LogP contribution in [0.3, 0.4) is 0 Å². The topological polar surface area (TPSA) is 54.1 Å². The van der Waals surface area contributed by atoms with Gasteiger partial charge in [-0.1, -0.05) is 24.3 Å². The van der Waals surface area contributed by atoms with E-state index in [-0.39, 0.29) is 11.7 Å². The second kappa shape index (κ2) is 8.41. The first kappa shape index (κ1) is 19.7. The average molecular weight is 402 g/mol. The Bertz CT molecular complexity index is 1180. The lowest BCUT2D eigenvalue weighted by atomic mass is 10.0. The van der Waals surface area contributed by atoms with Crippen molar-refractivity contribution in [3.8, 4) is 11.5 Å². The molecule has 5 heteroatoms. The Labute approximate surface area is 174 Å². The smallest absolute Gasteiger partial charge is 0.251 e. The number of rotatable bonds is 6. The number of ether oxygens (including phenoxy) is 1. The number of amides is 1. The van der Waals surface area contributed by atoms with Gasteiger partial charge in [-0.3, -0.25) is 4.79 Å². The first-order chi connectivity index (χ1) is 14.5. The zero-order chi connectivity index (χ0) is 21.1. The molecule has 4 rings (SSSR count). The van der Waals surface area contributed by atoms with E-state index in [9.17, 15) is 9.18 Å². The summed E-state index contributed by atoms with van der Waals surface area (Å²) in [5.74, 6) is 1.01. The number of carbonyl (C=O) groups excluding carboxylic acids is 1. The van der Waals surface area contributed by atoms with Crippen LogP contribution in [0.1, 0.15) is 27.2 Å². The predicted octanol–water partition coefficient (Wildman–Crippen LogP) is 5.69. The van der Waals surface area contributed by atoms with Crippen LogP contribution < -0.4 is 10.1 Å². The third kappa shape index (κ3) is 4.06. The minimum absolute atomic E-state index is 0.151. The van der Waals surface area contributed by atoms with Crippen LogP contribution in [0.2, 0.25) is 0 Å². The highest BCUT2D eigenvalue weighted by atomic mass is 19.1. The van der Waals surface area contributed by atoms with Crippen molar-refractivity contribution in [2.75, 3.05) is 6.54 Å². The van der Waals surface area contributed by atoms with Crippen molar-refractivity contribution in [1.29, 1.82) is 0 Å². The molecular formula is C25H23FN2O2. The number of fused-ring (bicyclic) bond motifs is 1. The molecule has 4 nitrogen and oxygen atoms in total. The van der Waals surface area contributed by atoms with Crippen LogP contribution in [0.25, 0.3) is 10.9 Å². The minimum atomic E-state index is -0.258. The van der Waals surface area contributed by atoms with E-state index in [2.05, 4.69) is 10.3 Å². The summed E-state index contributed by atoms with van der Waals surface area (Å²) >= 11 is 0. The Balaban J connectivity index is 1.39. The number of aromatic amines is 1. The van der Waals surface area contributed by atoms with Crippen LogP contribution in [-0.4, -0.2) is 17.4 Å². The summed E-state index contributed by atoms with van der Waals surface area (Å²) in [6, 6.07) is 19.8. The summed E-state index contributed by atoms with van der Waals surface area (Å²) in [6.07, 6.45) is 0.622. The van der Waals surface area contributed by atoms with E-state index in [1.807, 2.05) is 44.2 Å². The number of hydrogen-bond donors (Lipinski definition) is 2. The van der Waals surface area contributed by atoms with Crippen molar-refractivity contribution in [3.63, 3.8) is 0 Å². The standard InChI is InChI=1S/C25H23FN2O2/c1-16-8-13-22(26)24-23(16)21(17(2)28-24)14-15-27-25(29)18-9-11-20(12-10-18)30-19-6-4-3-5-7-19/h3-13,28H,14-15H2,1-2H3,(H,27,29). The molecule has 0 radical (unpaired) electrons. The lowest BCUT2D eigenvalue weighted by Gasteiger charge is -2.08. The van der Waals surface area contributed by atoms with E-state index in [4.69, 9.17) is 4.74 Å². The molecule has 1 aromatic heterocycles. The van der Waals surface area contributed by atoms with Gasteiger partial charge in [0.2, 0.25) is 0 Å². The first-order valence-electron chi connectivity index (χ1n) is 9.90. The lowest BCUT2D eigenvalue weighted by Crippen LogP contribution is -2.25. The molecule has 30 heavy (non-hydrogen) atoms. The van der Waals surface area contributed by atoms with E-state index in [0.29, 0.717) is 29.8 Å². The van der Waals surface area contributed by atoms with E-state index >= 15 is 0 Å². The van der Waals surface area contributed by atoms with Crippen molar-refractivity contribution in [1.82, 2.24) is 10.3 Å². The molecule has 0 aliphatic heterocycles. The molecule has 4 aromatic rings. The first-order valence-corrected chi connectivity index (χ1v) is 9.90. The molecule has 0 unspecified atom stereocenters. The summed E-state index contributed by atoms with van der Waals surface area (Å²) in [5.41, 5.74) is 4.07. The normalized spacial score (nSPS) is 10.9. The van der Waals surface area contributed by atoms with Crippen molar-refractivity contribution in [2.24, 2.45) is 0 Å². The fourth-order valence-electron chi connectivity index (χ4n) is 3.66. The number of benzene rings is 3. The minimum Gasteiger partial charge on any atom is -0.457 e. The second-order valence-electron chi connectivity index (χ2n) is 7.29. The number of nitrogens with one attached hydrogen (secondary N) is 2. The third-order valence-electron chi connectivity index (χ3n) is 5.19. The van der Waals surface area contributed by atoms with E-state index in [1.165, 1.54) is 6.07 Å². The number of hydrogen-bond acceptors (Lipinski definition) is 2. The molecular weight excluding hydrogens is 379 g/mol. The van der Waals surface area contributed by atoms with Crippen molar-refractivity contribution in [3.05, 3.63) is 94.9 Å². The fourth-order valence-corrected chi connectivity index (χ4v) is 3.66. The maximum atomic E-state index is 14.1. The number of aromatic nitrogens is 1. The molecule has 1 amide bonds. The van der Waals surface area contributed by atoms with Crippen LogP contribution in [0, 0.1) is 19.7 Å². The van der Waals surface area contributed by atoms with Crippen LogP contribution in [0.5, 0.6) is 11.5 Å². The number of halogens is 1. The van der Waals surface area contributed by atoms with E-state index < -0.39 is 0 Å². The third-order valence-corrected chi connectivity index (χ3v) is 5.19. The van der Waals surface area contributed by atoms with Gasteiger partial charge in [0, 0.05) is 23.2 Å². The molecule has 0 saturated carbocycles. The Morgan fingerprint density at radius 2 is 1.67 bits per heavy atom. The molecule has 2 N–H and O–H groups in total. The van der Waals surface area contributed by atoms with Gasteiger partial charge in [-0.2, -0.15) is 0 Å². The van der Waals surface area contributed by atoms with Gasteiger partial charge in [0.05, 0.1) is 5.52 Å². The summed E-state index contributed by atoms with van der Waals surface area (Å²) in [7, 11) is 0. The monoisotopic (exact) mass is 402 g/mol. The van der Waals surface area contributed by atoms with Gasteiger partial charge in [-0.25, -0.2) is 4.39 Å². The van der Waals surface area contributed by atoms with Gasteiger partial charge >= 0.3 is 0 Å². The summed E-state index contributed by atoms with van der Waals surface area (Å²) in [5, 5.41) is 3.85. The molecule has 0 aliphatic carbocycles. The molecule has 0 bridgehead atoms. The summed E-state index contributed by atoms with van der Waals surface area (Å²) in [6.45, 7) is 4.36. The SMILES string of the molecule is Cc1[nH]c2c(F)ccc(C)c2c1CCNC(=O)c1ccc(Oc2ccccc2)cc1. The Morgan fingerprint density at radius 3 is 2.40 bits per heavy atom. The van der Waals surface area contributed by atoms with Crippen LogP contribution in [-0.2, 0) is 6.42 Å². The molecule has 0 fully saturated rings. The van der Waals surface area contributed by atoms with Crippen molar-refractivity contribution >= 4 is 16.8 Å². The average Bonchev–Trinajstić information content (AvgIpc) is 3.09. The van der Waals surface area contributed by atoms with Gasteiger partial charge in [0.1, 0.15) is 17.3 Å². The summed E-state index contributed by atoms with van der Waals surface area (Å²) in [4.78, 5) is 15.6. The zero-order valence-electron chi connectivity index (χ0n) is 17.0. The number of para-hydroxylation sites is 1. The number of carbonyl (C=O) groups is 1. The maximum Gasteiger partial charge on any atom is 0.251 e. The van der Waals surface area contributed by atoms with Gasteiger partial charge in [-0.05, 0) is 73.9 Å². The van der Waals surface area contributed by atoms with Gasteiger partial charge in [-0.15, -0.1) is 0 Å². The fraction of sp³-hybridized carbons (Fsp3) is 0.160. The molecule has 3 aromatic carbocycles. The highest BCUT2D eigenvalue weighted by molar-refractivity contribution is 5.94. The summed E-state index contributed by atoms with van der Waals surface area (Å²) < 4.78 is 19.8. The molecule has 152 valence electrons. The molecule has 0 spiro atoms. The van der Waals surface area contributed by atoms with Gasteiger partial charge in [0.25, 0.3) is 5.91 Å². The molecule has 0 saturated heterocycles. The molecule has 0 atom stereocenters. The second-order valence-corrected chi connectivity index (χ2v) is 7.29. The number of aryl methyl sites for hydroxylation is 2. The number of H-pyrrole nitrogens is 1. The van der Waals surface area contributed by atoms with E-state index in [1.54, 1.807) is 30.3 Å². The maximum absolute atomic E-state index is 14.1.